The topological polar surface area (TPSA) is 123 Å². The van der Waals surface area contributed by atoms with Gasteiger partial charge in [0.1, 0.15) is 11.5 Å². The van der Waals surface area contributed by atoms with Gasteiger partial charge >= 0.3 is 11.0 Å². The molecule has 0 fully saturated rings. The molecular formula is C20H15F6NO6S3. The van der Waals surface area contributed by atoms with Crippen molar-refractivity contribution >= 4 is 30.9 Å². The van der Waals surface area contributed by atoms with Gasteiger partial charge in [-0.3, -0.25) is 0 Å². The van der Waals surface area contributed by atoms with Gasteiger partial charge in [-0.15, -0.1) is 0 Å². The number of aromatic hydroxyl groups is 2. The predicted octanol–water partition coefficient (Wildman–Crippen LogP) is 5.25. The zero-order chi connectivity index (χ0) is 27.4. The molecule has 7 nitrogen and oxygen atoms in total. The summed E-state index contributed by atoms with van der Waals surface area (Å²) >= 11 is 0. The van der Waals surface area contributed by atoms with Gasteiger partial charge in [-0.25, -0.2) is 16.8 Å². The molecule has 16 heteroatoms. The van der Waals surface area contributed by atoms with Crippen LogP contribution in [0.3, 0.4) is 0 Å². The van der Waals surface area contributed by atoms with Crippen molar-refractivity contribution < 1.29 is 53.4 Å². The first-order valence-corrected chi connectivity index (χ1v) is 13.3. The van der Waals surface area contributed by atoms with E-state index in [1.165, 1.54) is 4.90 Å². The van der Waals surface area contributed by atoms with E-state index in [1.807, 2.05) is 42.5 Å². The summed E-state index contributed by atoms with van der Waals surface area (Å²) in [6, 6.07) is 24.8. The van der Waals surface area contributed by atoms with E-state index in [1.54, 1.807) is 24.3 Å². The number of halogens is 6. The van der Waals surface area contributed by atoms with Crippen LogP contribution in [0, 0.1) is 0 Å². The molecule has 0 bridgehead atoms. The molecule has 0 atom stereocenters. The fourth-order valence-corrected chi connectivity index (χ4v) is 6.11. The van der Waals surface area contributed by atoms with Crippen molar-refractivity contribution in [1.29, 1.82) is 0 Å². The van der Waals surface area contributed by atoms with Crippen LogP contribution in [-0.2, 0) is 30.9 Å². The lowest BCUT2D eigenvalue weighted by Gasteiger charge is -2.22. The molecule has 196 valence electrons. The molecule has 3 aromatic rings. The van der Waals surface area contributed by atoms with Crippen LogP contribution in [0.1, 0.15) is 0 Å². The molecule has 36 heavy (non-hydrogen) atoms. The summed E-state index contributed by atoms with van der Waals surface area (Å²) < 4.78 is 109. The van der Waals surface area contributed by atoms with Gasteiger partial charge in [-0.2, -0.15) is 26.3 Å². The fraction of sp³-hybridized carbons (Fsp3) is 0.100. The SMILES string of the molecule is O=S(=O)([N-]S(=O)(=O)C(F)(F)F)C(F)(F)F.Oc1ccc([S+](c2ccccc2)c2ccc(O)cc2)cc1. The van der Waals surface area contributed by atoms with E-state index in [2.05, 4.69) is 12.1 Å². The van der Waals surface area contributed by atoms with Crippen LogP contribution in [0.4, 0.5) is 26.3 Å². The van der Waals surface area contributed by atoms with E-state index in [4.69, 9.17) is 0 Å². The second-order valence-electron chi connectivity index (χ2n) is 6.52. The molecule has 0 aliphatic carbocycles. The number of rotatable bonds is 5. The van der Waals surface area contributed by atoms with Crippen LogP contribution in [0.5, 0.6) is 11.5 Å². The van der Waals surface area contributed by atoms with Crippen LogP contribution < -0.4 is 0 Å². The summed E-state index contributed by atoms with van der Waals surface area (Å²) in [6.45, 7) is 0. The Bertz CT molecular complexity index is 1270. The summed E-state index contributed by atoms with van der Waals surface area (Å²) in [5.41, 5.74) is -12.4. The van der Waals surface area contributed by atoms with Crippen molar-refractivity contribution in [2.45, 2.75) is 25.7 Å². The van der Waals surface area contributed by atoms with Gasteiger partial charge in [-0.1, -0.05) is 18.2 Å². The second-order valence-corrected chi connectivity index (χ2v) is 12.0. The summed E-state index contributed by atoms with van der Waals surface area (Å²) in [5.74, 6) is 0.530. The average molecular weight is 576 g/mol. The lowest BCUT2D eigenvalue weighted by atomic mass is 10.3. The first-order chi connectivity index (χ1) is 16.4. The molecule has 0 aliphatic heterocycles. The van der Waals surface area contributed by atoms with E-state index >= 15 is 0 Å². The number of alkyl halides is 6. The van der Waals surface area contributed by atoms with E-state index in [0.29, 0.717) is 0 Å². The molecule has 0 amide bonds. The minimum Gasteiger partial charge on any atom is -0.508 e. The van der Waals surface area contributed by atoms with E-state index in [-0.39, 0.29) is 22.4 Å². The Morgan fingerprint density at radius 3 is 1.17 bits per heavy atom. The number of sulfonamides is 2. The number of nitrogens with zero attached hydrogens (tertiary/aromatic N) is 1. The minimum atomic E-state index is -6.72. The highest BCUT2D eigenvalue weighted by molar-refractivity contribution is 8.13. The first-order valence-electron chi connectivity index (χ1n) is 9.19. The largest absolute Gasteiger partial charge is 0.508 e. The van der Waals surface area contributed by atoms with Crippen molar-refractivity contribution in [3.05, 3.63) is 83.0 Å². The van der Waals surface area contributed by atoms with Crippen LogP contribution >= 0.6 is 0 Å². The standard InChI is InChI=1S/C18H14O2S.C2F6NO4S2/c19-14-6-10-17(11-7-14)21(16-4-2-1-3-5-16)18-12-8-15(20)9-13-18;3-1(4,5)14(10,11)9-15(12,13)2(6,7)8/h1-13H,(H-,19,20);/q;-1/p+1. The van der Waals surface area contributed by atoms with Gasteiger partial charge in [0.05, 0.1) is 10.9 Å². The minimum absolute atomic E-state index is 0.253. The molecule has 0 spiro atoms. The van der Waals surface area contributed by atoms with Gasteiger partial charge in [0.25, 0.3) is 0 Å². The molecule has 3 aromatic carbocycles. The Morgan fingerprint density at radius 1 is 0.556 bits per heavy atom. The molecule has 2 N–H and O–H groups in total. The molecule has 0 saturated carbocycles. The third kappa shape index (κ3) is 7.52. The van der Waals surface area contributed by atoms with E-state index in [0.717, 1.165) is 13.9 Å². The molecule has 3 rings (SSSR count). The van der Waals surface area contributed by atoms with E-state index < -0.39 is 31.1 Å². The molecule has 0 aliphatic rings. The summed E-state index contributed by atoms with van der Waals surface area (Å²) in [6.07, 6.45) is 0. The van der Waals surface area contributed by atoms with Crippen molar-refractivity contribution in [3.8, 4) is 11.5 Å². The molecular weight excluding hydrogens is 560 g/mol. The molecule has 0 unspecified atom stereocenters. The van der Waals surface area contributed by atoms with Gasteiger partial charge in [0.2, 0.25) is 0 Å². The third-order valence-electron chi connectivity index (χ3n) is 3.90. The van der Waals surface area contributed by atoms with Crippen LogP contribution in [-0.4, -0.2) is 38.1 Å². The van der Waals surface area contributed by atoms with Crippen molar-refractivity contribution in [3.63, 3.8) is 0 Å². The Kier molecular flexibility index (Phi) is 8.93. The maximum absolute atomic E-state index is 11.4. The van der Waals surface area contributed by atoms with E-state index in [9.17, 15) is 53.4 Å². The Balaban J connectivity index is 0.000000271. The summed E-state index contributed by atoms with van der Waals surface area (Å²) in [4.78, 5) is 3.46. The fourth-order valence-electron chi connectivity index (χ4n) is 2.34. The maximum Gasteiger partial charge on any atom is 0.480 e. The Hall–Kier alpha value is -2.95. The average Bonchev–Trinajstić information content (AvgIpc) is 2.76. The van der Waals surface area contributed by atoms with Gasteiger partial charge < -0.3 is 14.3 Å². The number of phenolic OH excluding ortho intramolecular Hbond substituents is 2. The lowest BCUT2D eigenvalue weighted by Crippen LogP contribution is -2.30. The van der Waals surface area contributed by atoms with Crippen LogP contribution in [0.25, 0.3) is 4.13 Å². The highest BCUT2D eigenvalue weighted by Gasteiger charge is 2.46. The second kappa shape index (κ2) is 11.0. The number of hydrogen-bond donors (Lipinski definition) is 2. The maximum atomic E-state index is 11.4. The third-order valence-corrected chi connectivity index (χ3v) is 8.88. The highest BCUT2D eigenvalue weighted by Crippen LogP contribution is 2.36. The van der Waals surface area contributed by atoms with Crippen molar-refractivity contribution in [2.75, 3.05) is 0 Å². The number of benzene rings is 3. The summed E-state index contributed by atoms with van der Waals surface area (Å²) in [5, 5.41) is 19.0. The monoisotopic (exact) mass is 575 g/mol. The summed E-state index contributed by atoms with van der Waals surface area (Å²) in [7, 11) is -13.7. The number of hydrogen-bond acceptors (Lipinski definition) is 6. The smallest absolute Gasteiger partial charge is 0.480 e. The number of phenols is 2. The van der Waals surface area contributed by atoms with Crippen molar-refractivity contribution in [2.24, 2.45) is 0 Å². The van der Waals surface area contributed by atoms with Gasteiger partial charge in [0.15, 0.2) is 34.7 Å². The van der Waals surface area contributed by atoms with Gasteiger partial charge in [-0.05, 0) is 60.7 Å². The lowest BCUT2D eigenvalue weighted by molar-refractivity contribution is -0.0444. The molecule has 0 aromatic heterocycles. The van der Waals surface area contributed by atoms with Crippen LogP contribution in [0.2, 0.25) is 0 Å². The van der Waals surface area contributed by atoms with Gasteiger partial charge in [0, 0.05) is 0 Å². The molecule has 0 saturated heterocycles. The van der Waals surface area contributed by atoms with Crippen LogP contribution in [0.15, 0.2) is 93.5 Å². The normalized spacial score (nSPS) is 12.6. The zero-order valence-electron chi connectivity index (χ0n) is 17.5. The first kappa shape index (κ1) is 29.3. The molecule has 0 radical (unpaired) electrons. The molecule has 0 heterocycles. The van der Waals surface area contributed by atoms with Crippen molar-refractivity contribution in [1.82, 2.24) is 0 Å². The quantitative estimate of drug-likeness (QED) is 0.317. The Morgan fingerprint density at radius 2 is 0.861 bits per heavy atom. The predicted molar refractivity (Wildman–Crippen MR) is 118 cm³/mol. The zero-order valence-corrected chi connectivity index (χ0v) is 19.9. The Labute approximate surface area is 204 Å². The highest BCUT2D eigenvalue weighted by atomic mass is 32.3.